The molecule has 0 saturated heterocycles. The molecule has 0 fully saturated rings. The summed E-state index contributed by atoms with van der Waals surface area (Å²) in [4.78, 5) is 17.7. The van der Waals surface area contributed by atoms with E-state index in [1.807, 2.05) is 19.2 Å². The quantitative estimate of drug-likeness (QED) is 0.917. The lowest BCUT2D eigenvalue weighted by molar-refractivity contribution is -0.132. The molecule has 1 amide bonds. The molecule has 1 atom stereocenters. The molecular formula is C14H19N5O. The summed E-state index contributed by atoms with van der Waals surface area (Å²) in [5.41, 5.74) is 7.42. The van der Waals surface area contributed by atoms with Gasteiger partial charge in [-0.05, 0) is 18.6 Å². The first kappa shape index (κ1) is 14.0. The van der Waals surface area contributed by atoms with E-state index >= 15 is 0 Å². The first-order valence-corrected chi connectivity index (χ1v) is 6.50. The zero-order chi connectivity index (χ0) is 14.7. The number of anilines is 1. The average Bonchev–Trinajstić information content (AvgIpc) is 2.89. The van der Waals surface area contributed by atoms with Crippen LogP contribution in [0.4, 0.5) is 5.82 Å². The van der Waals surface area contributed by atoms with Gasteiger partial charge in [0.15, 0.2) is 0 Å². The molecule has 0 radical (unpaired) electrons. The molecule has 1 unspecified atom stereocenters. The second-order valence-corrected chi connectivity index (χ2v) is 4.84. The van der Waals surface area contributed by atoms with Crippen molar-refractivity contribution in [2.45, 2.75) is 19.4 Å². The molecule has 6 heteroatoms. The Kier molecular flexibility index (Phi) is 4.02. The number of amides is 1. The highest BCUT2D eigenvalue weighted by atomic mass is 16.2. The number of hydrogen-bond acceptors (Lipinski definition) is 4. The van der Waals surface area contributed by atoms with Gasteiger partial charge >= 0.3 is 0 Å². The molecule has 2 N–H and O–H groups in total. The molecule has 2 heterocycles. The molecule has 106 valence electrons. The second-order valence-electron chi connectivity index (χ2n) is 4.84. The van der Waals surface area contributed by atoms with Crippen LogP contribution in [-0.2, 0) is 4.79 Å². The van der Waals surface area contributed by atoms with Crippen molar-refractivity contribution < 1.29 is 4.79 Å². The molecule has 0 bridgehead atoms. The van der Waals surface area contributed by atoms with Crippen molar-refractivity contribution in [3.63, 3.8) is 0 Å². The Morgan fingerprint density at radius 2 is 2.10 bits per heavy atom. The smallest absolute Gasteiger partial charge is 0.246 e. The third-order valence-electron chi connectivity index (χ3n) is 3.15. The van der Waals surface area contributed by atoms with E-state index in [-0.39, 0.29) is 11.9 Å². The van der Waals surface area contributed by atoms with Crippen molar-refractivity contribution in [1.29, 1.82) is 0 Å². The van der Waals surface area contributed by atoms with Gasteiger partial charge < -0.3 is 10.6 Å². The van der Waals surface area contributed by atoms with Crippen LogP contribution >= 0.6 is 0 Å². The van der Waals surface area contributed by atoms with E-state index in [4.69, 9.17) is 5.73 Å². The van der Waals surface area contributed by atoms with Crippen LogP contribution in [0, 0.1) is 0 Å². The van der Waals surface area contributed by atoms with E-state index in [1.165, 1.54) is 0 Å². The zero-order valence-electron chi connectivity index (χ0n) is 11.9. The summed E-state index contributed by atoms with van der Waals surface area (Å²) >= 11 is 0. The largest absolute Gasteiger partial charge is 0.384 e. The summed E-state index contributed by atoms with van der Waals surface area (Å²) in [6.07, 6.45) is 5.99. The zero-order valence-corrected chi connectivity index (χ0v) is 11.9. The van der Waals surface area contributed by atoms with Crippen LogP contribution in [-0.4, -0.2) is 39.7 Å². The normalized spacial score (nSPS) is 12.2. The molecule has 2 aromatic rings. The van der Waals surface area contributed by atoms with Crippen LogP contribution < -0.4 is 5.73 Å². The Hall–Kier alpha value is -2.37. The Labute approximate surface area is 118 Å². The molecule has 20 heavy (non-hydrogen) atoms. The van der Waals surface area contributed by atoms with Gasteiger partial charge in [-0.2, -0.15) is 5.10 Å². The maximum atomic E-state index is 12.1. The SMILES string of the molecule is CCC(C(=O)N(C)C)n1cc(-c2ccc(N)nc2)cn1. The maximum absolute atomic E-state index is 12.1. The highest BCUT2D eigenvalue weighted by molar-refractivity contribution is 5.80. The van der Waals surface area contributed by atoms with Crippen molar-refractivity contribution in [2.24, 2.45) is 0 Å². The predicted octanol–water partition coefficient (Wildman–Crippen LogP) is 1.57. The van der Waals surface area contributed by atoms with Gasteiger partial charge in [-0.25, -0.2) is 4.98 Å². The number of pyridine rings is 1. The van der Waals surface area contributed by atoms with E-state index in [0.717, 1.165) is 11.1 Å². The fraction of sp³-hybridized carbons (Fsp3) is 0.357. The highest BCUT2D eigenvalue weighted by Crippen LogP contribution is 2.21. The minimum Gasteiger partial charge on any atom is -0.384 e. The van der Waals surface area contributed by atoms with Crippen molar-refractivity contribution in [3.05, 3.63) is 30.7 Å². The lowest BCUT2D eigenvalue weighted by Crippen LogP contribution is -2.31. The maximum Gasteiger partial charge on any atom is 0.246 e. The molecule has 0 spiro atoms. The summed E-state index contributed by atoms with van der Waals surface area (Å²) < 4.78 is 1.70. The first-order valence-electron chi connectivity index (χ1n) is 6.50. The van der Waals surface area contributed by atoms with Gasteiger partial charge in [-0.1, -0.05) is 6.92 Å². The number of carbonyl (C=O) groups excluding carboxylic acids is 1. The lowest BCUT2D eigenvalue weighted by atomic mass is 10.1. The van der Waals surface area contributed by atoms with Crippen LogP contribution in [0.15, 0.2) is 30.7 Å². The summed E-state index contributed by atoms with van der Waals surface area (Å²) in [6.45, 7) is 1.97. The van der Waals surface area contributed by atoms with E-state index in [1.54, 1.807) is 42.1 Å². The van der Waals surface area contributed by atoms with Gasteiger partial charge in [0, 0.05) is 37.6 Å². The average molecular weight is 273 g/mol. The van der Waals surface area contributed by atoms with Crippen molar-refractivity contribution in [1.82, 2.24) is 19.7 Å². The Morgan fingerprint density at radius 3 is 2.65 bits per heavy atom. The van der Waals surface area contributed by atoms with Crippen LogP contribution in [0.2, 0.25) is 0 Å². The third-order valence-corrected chi connectivity index (χ3v) is 3.15. The minimum absolute atomic E-state index is 0.0394. The van der Waals surface area contributed by atoms with Gasteiger partial charge in [0.25, 0.3) is 0 Å². The second kappa shape index (κ2) is 5.73. The Morgan fingerprint density at radius 1 is 1.35 bits per heavy atom. The Bertz CT molecular complexity index is 588. The van der Waals surface area contributed by atoms with Gasteiger partial charge in [0.2, 0.25) is 5.91 Å². The molecule has 0 saturated carbocycles. The van der Waals surface area contributed by atoms with Crippen LogP contribution in [0.1, 0.15) is 19.4 Å². The molecular weight excluding hydrogens is 254 g/mol. The van der Waals surface area contributed by atoms with E-state index in [0.29, 0.717) is 12.2 Å². The number of rotatable bonds is 4. The Balaban J connectivity index is 2.27. The topological polar surface area (TPSA) is 77.0 Å². The van der Waals surface area contributed by atoms with Crippen molar-refractivity contribution in [3.8, 4) is 11.1 Å². The number of nitrogens with zero attached hydrogens (tertiary/aromatic N) is 4. The first-order chi connectivity index (χ1) is 9.52. The lowest BCUT2D eigenvalue weighted by Gasteiger charge is -2.19. The van der Waals surface area contributed by atoms with E-state index < -0.39 is 0 Å². The summed E-state index contributed by atoms with van der Waals surface area (Å²) in [7, 11) is 3.50. The van der Waals surface area contributed by atoms with E-state index in [9.17, 15) is 4.79 Å². The van der Waals surface area contributed by atoms with Crippen molar-refractivity contribution in [2.75, 3.05) is 19.8 Å². The number of nitrogens with two attached hydrogens (primary N) is 1. The molecule has 0 aliphatic carbocycles. The van der Waals surface area contributed by atoms with Gasteiger partial charge in [0.1, 0.15) is 11.9 Å². The van der Waals surface area contributed by atoms with Crippen LogP contribution in [0.5, 0.6) is 0 Å². The summed E-state index contributed by atoms with van der Waals surface area (Å²) in [5, 5.41) is 4.30. The predicted molar refractivity (Wildman–Crippen MR) is 77.9 cm³/mol. The van der Waals surface area contributed by atoms with Gasteiger partial charge in [-0.3, -0.25) is 9.48 Å². The molecule has 0 aliphatic rings. The number of nitrogen functional groups attached to an aromatic ring is 1. The summed E-state index contributed by atoms with van der Waals surface area (Å²) in [6, 6.07) is 3.35. The molecule has 0 aliphatic heterocycles. The molecule has 2 aromatic heterocycles. The fourth-order valence-corrected chi connectivity index (χ4v) is 2.01. The van der Waals surface area contributed by atoms with Gasteiger partial charge in [0.05, 0.1) is 6.20 Å². The third kappa shape index (κ3) is 2.79. The highest BCUT2D eigenvalue weighted by Gasteiger charge is 2.21. The van der Waals surface area contributed by atoms with Crippen LogP contribution in [0.3, 0.4) is 0 Å². The molecule has 0 aromatic carbocycles. The number of carbonyl (C=O) groups is 1. The molecule has 2 rings (SSSR count). The fourth-order valence-electron chi connectivity index (χ4n) is 2.01. The molecule has 6 nitrogen and oxygen atoms in total. The van der Waals surface area contributed by atoms with E-state index in [2.05, 4.69) is 10.1 Å². The monoisotopic (exact) mass is 273 g/mol. The van der Waals surface area contributed by atoms with Crippen molar-refractivity contribution >= 4 is 11.7 Å². The number of likely N-dealkylation sites (N-methyl/N-ethyl adjacent to an activating group) is 1. The number of aromatic nitrogens is 3. The minimum atomic E-state index is -0.277. The number of hydrogen-bond donors (Lipinski definition) is 1. The van der Waals surface area contributed by atoms with Gasteiger partial charge in [-0.15, -0.1) is 0 Å². The standard InChI is InChI=1S/C14H19N5O/c1-4-12(14(20)18(2)3)19-9-11(8-17-19)10-5-6-13(15)16-7-10/h5-9,12H,4H2,1-3H3,(H2,15,16). The summed E-state index contributed by atoms with van der Waals surface area (Å²) in [5.74, 6) is 0.521. The van der Waals surface area contributed by atoms with Crippen LogP contribution in [0.25, 0.3) is 11.1 Å².